The first kappa shape index (κ1) is 17.4. The fourth-order valence-corrected chi connectivity index (χ4v) is 2.46. The van der Waals surface area contributed by atoms with Crippen molar-refractivity contribution in [1.82, 2.24) is 10.2 Å². The molecule has 7 nitrogen and oxygen atoms in total. The normalized spacial score (nSPS) is 15.3. The smallest absolute Gasteiger partial charge is 0.250 e. The number of carbonyl (C=O) groups excluding carboxylic acids is 2. The van der Waals surface area contributed by atoms with Gasteiger partial charge in [0.05, 0.1) is 31.0 Å². The van der Waals surface area contributed by atoms with Crippen LogP contribution in [-0.2, 0) is 9.53 Å². The first-order valence-corrected chi connectivity index (χ1v) is 7.86. The van der Waals surface area contributed by atoms with Gasteiger partial charge in [0, 0.05) is 13.1 Å². The number of para-hydroxylation sites is 1. The van der Waals surface area contributed by atoms with Gasteiger partial charge >= 0.3 is 0 Å². The van der Waals surface area contributed by atoms with Gasteiger partial charge < -0.3 is 21.1 Å². The van der Waals surface area contributed by atoms with Crippen LogP contribution in [0.5, 0.6) is 0 Å². The van der Waals surface area contributed by atoms with Crippen LogP contribution in [0.25, 0.3) is 0 Å². The molecule has 0 aliphatic carbocycles. The molecule has 0 saturated carbocycles. The Morgan fingerprint density at radius 2 is 1.96 bits per heavy atom. The van der Waals surface area contributed by atoms with Gasteiger partial charge in [0.25, 0.3) is 5.91 Å². The number of benzene rings is 1. The Hall–Kier alpha value is -1.96. The average molecular weight is 320 g/mol. The summed E-state index contributed by atoms with van der Waals surface area (Å²) in [6.07, 6.45) is 0.977. The van der Waals surface area contributed by atoms with Gasteiger partial charge in [-0.15, -0.1) is 0 Å². The van der Waals surface area contributed by atoms with E-state index in [0.717, 1.165) is 45.8 Å². The van der Waals surface area contributed by atoms with Crippen molar-refractivity contribution >= 4 is 17.5 Å². The molecule has 1 aliphatic heterocycles. The van der Waals surface area contributed by atoms with Gasteiger partial charge in [-0.1, -0.05) is 12.1 Å². The van der Waals surface area contributed by atoms with E-state index in [0.29, 0.717) is 11.3 Å². The molecule has 0 spiro atoms. The Bertz CT molecular complexity index is 530. The monoisotopic (exact) mass is 320 g/mol. The molecule has 1 heterocycles. The summed E-state index contributed by atoms with van der Waals surface area (Å²) in [5.74, 6) is -0.746. The van der Waals surface area contributed by atoms with Gasteiger partial charge in [-0.25, -0.2) is 0 Å². The molecule has 1 fully saturated rings. The van der Waals surface area contributed by atoms with Crippen molar-refractivity contribution in [2.24, 2.45) is 5.73 Å². The molecule has 0 aromatic heterocycles. The number of rotatable bonds is 8. The van der Waals surface area contributed by atoms with Crippen LogP contribution in [0.1, 0.15) is 16.8 Å². The second-order valence-corrected chi connectivity index (χ2v) is 5.44. The number of nitrogens with one attached hydrogen (secondary N) is 2. The van der Waals surface area contributed by atoms with E-state index in [1.165, 1.54) is 0 Å². The van der Waals surface area contributed by atoms with Gasteiger partial charge in [0.2, 0.25) is 5.91 Å². The lowest BCUT2D eigenvalue weighted by Crippen LogP contribution is -2.38. The van der Waals surface area contributed by atoms with Gasteiger partial charge in [0.15, 0.2) is 0 Å². The van der Waals surface area contributed by atoms with E-state index < -0.39 is 5.91 Å². The number of nitrogens with two attached hydrogens (primary N) is 1. The highest BCUT2D eigenvalue weighted by Crippen LogP contribution is 2.13. The van der Waals surface area contributed by atoms with Crippen LogP contribution >= 0.6 is 0 Å². The van der Waals surface area contributed by atoms with Crippen LogP contribution < -0.4 is 16.4 Å². The predicted molar refractivity (Wildman–Crippen MR) is 88.3 cm³/mol. The molecule has 0 radical (unpaired) electrons. The molecular weight excluding hydrogens is 296 g/mol. The van der Waals surface area contributed by atoms with E-state index in [1.54, 1.807) is 24.3 Å². The van der Waals surface area contributed by atoms with Crippen LogP contribution in [0.2, 0.25) is 0 Å². The van der Waals surface area contributed by atoms with Crippen molar-refractivity contribution in [1.29, 1.82) is 0 Å². The quantitative estimate of drug-likeness (QED) is 0.588. The van der Waals surface area contributed by atoms with Crippen molar-refractivity contribution < 1.29 is 14.3 Å². The first-order chi connectivity index (χ1) is 11.2. The summed E-state index contributed by atoms with van der Waals surface area (Å²) < 4.78 is 5.30. The highest BCUT2D eigenvalue weighted by molar-refractivity contribution is 6.03. The van der Waals surface area contributed by atoms with Gasteiger partial charge in [-0.2, -0.15) is 0 Å². The number of anilines is 1. The molecule has 0 atom stereocenters. The molecule has 1 saturated heterocycles. The highest BCUT2D eigenvalue weighted by Gasteiger charge is 2.11. The van der Waals surface area contributed by atoms with Crippen molar-refractivity contribution in [3.8, 4) is 0 Å². The molecule has 0 bridgehead atoms. The zero-order valence-electron chi connectivity index (χ0n) is 13.2. The third kappa shape index (κ3) is 5.97. The summed E-state index contributed by atoms with van der Waals surface area (Å²) in [6.45, 7) is 5.53. The molecular formula is C16H24N4O3. The number of nitrogens with zero attached hydrogens (tertiary/aromatic N) is 1. The number of hydrogen-bond acceptors (Lipinski definition) is 5. The Labute approximate surface area is 136 Å². The van der Waals surface area contributed by atoms with Crippen LogP contribution in [0.4, 0.5) is 5.69 Å². The molecule has 0 unspecified atom stereocenters. The Morgan fingerprint density at radius 1 is 1.22 bits per heavy atom. The van der Waals surface area contributed by atoms with E-state index >= 15 is 0 Å². The van der Waals surface area contributed by atoms with Gasteiger partial charge in [0.1, 0.15) is 0 Å². The average Bonchev–Trinajstić information content (AvgIpc) is 2.56. The molecule has 2 rings (SSSR count). The number of primary amides is 1. The minimum Gasteiger partial charge on any atom is -0.379 e. The van der Waals surface area contributed by atoms with Crippen LogP contribution in [-0.4, -0.2) is 62.7 Å². The largest absolute Gasteiger partial charge is 0.379 e. The van der Waals surface area contributed by atoms with Gasteiger partial charge in [-0.05, 0) is 31.6 Å². The number of hydrogen-bond donors (Lipinski definition) is 3. The van der Waals surface area contributed by atoms with E-state index in [2.05, 4.69) is 15.5 Å². The van der Waals surface area contributed by atoms with Crippen molar-refractivity contribution in [3.05, 3.63) is 29.8 Å². The highest BCUT2D eigenvalue weighted by atomic mass is 16.5. The second kappa shape index (κ2) is 9.24. The molecule has 2 amide bonds. The van der Waals surface area contributed by atoms with E-state index in [4.69, 9.17) is 10.5 Å². The Balaban J connectivity index is 1.64. The maximum absolute atomic E-state index is 11.9. The minimum absolute atomic E-state index is 0.190. The van der Waals surface area contributed by atoms with Gasteiger partial charge in [-0.3, -0.25) is 14.5 Å². The van der Waals surface area contributed by atoms with Crippen molar-refractivity contribution in [3.63, 3.8) is 0 Å². The summed E-state index contributed by atoms with van der Waals surface area (Å²) in [6, 6.07) is 6.71. The van der Waals surface area contributed by atoms with Crippen LogP contribution in [0.3, 0.4) is 0 Å². The van der Waals surface area contributed by atoms with Crippen molar-refractivity contribution in [2.45, 2.75) is 6.42 Å². The van der Waals surface area contributed by atoms with E-state index in [1.807, 2.05) is 0 Å². The zero-order valence-corrected chi connectivity index (χ0v) is 13.2. The van der Waals surface area contributed by atoms with Crippen molar-refractivity contribution in [2.75, 3.05) is 51.3 Å². The van der Waals surface area contributed by atoms with Crippen LogP contribution in [0.15, 0.2) is 24.3 Å². The molecule has 126 valence electrons. The second-order valence-electron chi connectivity index (χ2n) is 5.44. The lowest BCUT2D eigenvalue weighted by atomic mass is 10.1. The third-order valence-corrected chi connectivity index (χ3v) is 3.68. The molecule has 1 aliphatic rings. The Kier molecular flexibility index (Phi) is 6.99. The fraction of sp³-hybridized carbons (Fsp3) is 0.500. The molecule has 23 heavy (non-hydrogen) atoms. The van der Waals surface area contributed by atoms with Crippen LogP contribution in [0, 0.1) is 0 Å². The molecule has 1 aromatic carbocycles. The topological polar surface area (TPSA) is 96.7 Å². The minimum atomic E-state index is -0.556. The fourth-order valence-electron chi connectivity index (χ4n) is 2.46. The number of morpholine rings is 1. The number of ether oxygens (including phenoxy) is 1. The summed E-state index contributed by atoms with van der Waals surface area (Å²) in [5, 5.41) is 5.81. The third-order valence-electron chi connectivity index (χ3n) is 3.68. The Morgan fingerprint density at radius 3 is 2.70 bits per heavy atom. The predicted octanol–water partition coefficient (Wildman–Crippen LogP) is 0.0359. The first-order valence-electron chi connectivity index (χ1n) is 7.86. The van der Waals surface area contributed by atoms with E-state index in [-0.39, 0.29) is 12.5 Å². The summed E-state index contributed by atoms with van der Waals surface area (Å²) in [5.41, 5.74) is 6.04. The molecule has 4 N–H and O–H groups in total. The molecule has 1 aromatic rings. The number of carbonyl (C=O) groups is 2. The van der Waals surface area contributed by atoms with E-state index in [9.17, 15) is 9.59 Å². The lowest BCUT2D eigenvalue weighted by molar-refractivity contribution is -0.115. The number of amides is 2. The zero-order chi connectivity index (χ0) is 16.5. The summed E-state index contributed by atoms with van der Waals surface area (Å²) >= 11 is 0. The molecule has 7 heteroatoms. The summed E-state index contributed by atoms with van der Waals surface area (Å²) in [7, 11) is 0. The standard InChI is InChI=1S/C16H24N4O3/c17-16(22)13-4-1-2-5-14(13)19-15(21)12-18-6-3-7-20-8-10-23-11-9-20/h1-2,4-5,18H,3,6-12H2,(H2,17,22)(H,19,21). The maximum Gasteiger partial charge on any atom is 0.250 e. The maximum atomic E-state index is 11.9. The summed E-state index contributed by atoms with van der Waals surface area (Å²) in [4.78, 5) is 25.5. The SMILES string of the molecule is NC(=O)c1ccccc1NC(=O)CNCCCN1CCOCC1. The lowest BCUT2D eigenvalue weighted by Gasteiger charge is -2.26.